The van der Waals surface area contributed by atoms with E-state index in [2.05, 4.69) is 35.0 Å². The highest BCUT2D eigenvalue weighted by molar-refractivity contribution is 5.89. The van der Waals surface area contributed by atoms with E-state index in [9.17, 15) is 0 Å². The van der Waals surface area contributed by atoms with Gasteiger partial charge in [0.2, 0.25) is 0 Å². The third-order valence-electron chi connectivity index (χ3n) is 5.45. The second kappa shape index (κ2) is 7.50. The van der Waals surface area contributed by atoms with Gasteiger partial charge >= 0.3 is 0 Å². The van der Waals surface area contributed by atoms with Crippen LogP contribution in [0.25, 0.3) is 16.6 Å². The van der Waals surface area contributed by atoms with Crippen LogP contribution < -0.4 is 21.1 Å². The molecule has 9 heteroatoms. The molecule has 31 heavy (non-hydrogen) atoms. The van der Waals surface area contributed by atoms with Crippen molar-refractivity contribution >= 4 is 22.8 Å². The first-order valence-corrected chi connectivity index (χ1v) is 10.4. The van der Waals surface area contributed by atoms with Crippen LogP contribution in [-0.4, -0.2) is 44.1 Å². The minimum absolute atomic E-state index is 0.319. The maximum Gasteiger partial charge on any atom is 0.145 e. The number of rotatable bonds is 6. The standard InChI is InChI=1S/C22H26N8O/c1-14(2)13-31-17-7-18(22-19(23)9-26-30(22)12-17)15-3-4-21(25-8-15)28-10-16(11-28)29-6-5-20(24)27-29/h3-9,12,14,16H,10-11,13,23H2,1-2H3,(H2,24,27). The quantitative estimate of drug-likeness (QED) is 0.495. The number of nitrogen functional groups attached to an aromatic ring is 2. The lowest BCUT2D eigenvalue weighted by Gasteiger charge is -2.40. The van der Waals surface area contributed by atoms with Gasteiger partial charge in [-0.2, -0.15) is 10.2 Å². The van der Waals surface area contributed by atoms with Gasteiger partial charge in [0.05, 0.1) is 36.2 Å². The monoisotopic (exact) mass is 418 g/mol. The Hall–Kier alpha value is -3.75. The van der Waals surface area contributed by atoms with Gasteiger partial charge in [-0.3, -0.25) is 4.68 Å². The van der Waals surface area contributed by atoms with Gasteiger partial charge in [-0.15, -0.1) is 0 Å². The topological polar surface area (TPSA) is 113 Å². The van der Waals surface area contributed by atoms with Crippen molar-refractivity contribution in [2.24, 2.45) is 5.92 Å². The normalized spacial score (nSPS) is 14.4. The molecule has 0 radical (unpaired) electrons. The number of nitrogens with two attached hydrogens (primary N) is 2. The maximum atomic E-state index is 6.20. The lowest BCUT2D eigenvalue weighted by atomic mass is 10.1. The van der Waals surface area contributed by atoms with Gasteiger partial charge in [-0.05, 0) is 30.2 Å². The minimum atomic E-state index is 0.319. The molecule has 5 heterocycles. The predicted molar refractivity (Wildman–Crippen MR) is 121 cm³/mol. The fourth-order valence-corrected chi connectivity index (χ4v) is 3.78. The number of fused-ring (bicyclic) bond motifs is 1. The Bertz CT molecular complexity index is 1200. The van der Waals surface area contributed by atoms with E-state index in [-0.39, 0.29) is 0 Å². The highest BCUT2D eigenvalue weighted by Gasteiger charge is 2.29. The van der Waals surface area contributed by atoms with Gasteiger partial charge < -0.3 is 21.1 Å². The van der Waals surface area contributed by atoms with Gasteiger partial charge in [0.1, 0.15) is 17.4 Å². The molecule has 0 spiro atoms. The molecule has 0 unspecified atom stereocenters. The van der Waals surface area contributed by atoms with Crippen molar-refractivity contribution in [3.05, 3.63) is 49.1 Å². The van der Waals surface area contributed by atoms with Crippen molar-refractivity contribution < 1.29 is 4.74 Å². The van der Waals surface area contributed by atoms with E-state index in [0.29, 0.717) is 30.1 Å². The number of nitrogens with zero attached hydrogens (tertiary/aromatic N) is 6. The average Bonchev–Trinajstić information content (AvgIpc) is 3.31. The van der Waals surface area contributed by atoms with E-state index in [0.717, 1.165) is 41.3 Å². The first-order valence-electron chi connectivity index (χ1n) is 10.4. The Morgan fingerprint density at radius 3 is 2.68 bits per heavy atom. The largest absolute Gasteiger partial charge is 0.492 e. The summed E-state index contributed by atoms with van der Waals surface area (Å²) in [5.41, 5.74) is 15.3. The van der Waals surface area contributed by atoms with Crippen LogP contribution in [0.15, 0.2) is 49.1 Å². The van der Waals surface area contributed by atoms with Crippen molar-refractivity contribution in [1.29, 1.82) is 0 Å². The molecular formula is C22H26N8O. The summed E-state index contributed by atoms with van der Waals surface area (Å²) in [7, 11) is 0. The number of ether oxygens (including phenoxy) is 1. The second-order valence-electron chi connectivity index (χ2n) is 8.37. The molecule has 1 aliphatic heterocycles. The molecule has 0 atom stereocenters. The molecule has 0 aliphatic carbocycles. The molecule has 160 valence electrons. The van der Waals surface area contributed by atoms with Crippen molar-refractivity contribution in [3.63, 3.8) is 0 Å². The first-order chi connectivity index (χ1) is 15.0. The number of aromatic nitrogens is 5. The molecule has 9 nitrogen and oxygen atoms in total. The zero-order valence-electron chi connectivity index (χ0n) is 17.6. The predicted octanol–water partition coefficient (Wildman–Crippen LogP) is 2.85. The van der Waals surface area contributed by atoms with E-state index in [4.69, 9.17) is 21.2 Å². The summed E-state index contributed by atoms with van der Waals surface area (Å²) in [6.45, 7) is 6.58. The summed E-state index contributed by atoms with van der Waals surface area (Å²) in [4.78, 5) is 6.91. The molecule has 0 amide bonds. The fraction of sp³-hybridized carbons (Fsp3) is 0.318. The van der Waals surface area contributed by atoms with Crippen LogP contribution in [0.1, 0.15) is 19.9 Å². The van der Waals surface area contributed by atoms with E-state index in [1.807, 2.05) is 41.5 Å². The van der Waals surface area contributed by atoms with Crippen molar-refractivity contribution in [1.82, 2.24) is 24.4 Å². The maximum absolute atomic E-state index is 6.20. The summed E-state index contributed by atoms with van der Waals surface area (Å²) in [5.74, 6) is 2.67. The fourth-order valence-electron chi connectivity index (χ4n) is 3.78. The molecule has 0 bridgehead atoms. The summed E-state index contributed by atoms with van der Waals surface area (Å²) in [5, 5.41) is 8.66. The highest BCUT2D eigenvalue weighted by Crippen LogP contribution is 2.33. The summed E-state index contributed by atoms with van der Waals surface area (Å²) in [6, 6.07) is 8.24. The Morgan fingerprint density at radius 2 is 2.00 bits per heavy atom. The average molecular weight is 419 g/mol. The summed E-state index contributed by atoms with van der Waals surface area (Å²) < 4.78 is 9.63. The van der Waals surface area contributed by atoms with E-state index in [1.54, 1.807) is 10.7 Å². The van der Waals surface area contributed by atoms with Crippen LogP contribution in [0.5, 0.6) is 5.75 Å². The Morgan fingerprint density at radius 1 is 1.16 bits per heavy atom. The van der Waals surface area contributed by atoms with Crippen LogP contribution in [0.3, 0.4) is 0 Å². The summed E-state index contributed by atoms with van der Waals surface area (Å²) in [6.07, 6.45) is 7.32. The second-order valence-corrected chi connectivity index (χ2v) is 8.37. The molecule has 0 saturated carbocycles. The molecule has 1 saturated heterocycles. The Labute approximate surface area is 180 Å². The van der Waals surface area contributed by atoms with Gasteiger partial charge in [0, 0.05) is 36.6 Å². The Balaban J connectivity index is 1.38. The molecule has 1 aliphatic rings. The molecule has 0 aromatic carbocycles. The van der Waals surface area contributed by atoms with Crippen LogP contribution in [-0.2, 0) is 0 Å². The van der Waals surface area contributed by atoms with Crippen molar-refractivity contribution in [2.45, 2.75) is 19.9 Å². The SMILES string of the molecule is CC(C)COc1cc(-c2ccc(N3CC(n4ccc(N)n4)C3)nc2)c2c(N)cnn2c1. The zero-order chi connectivity index (χ0) is 21.5. The van der Waals surface area contributed by atoms with Crippen LogP contribution in [0.4, 0.5) is 17.3 Å². The first kappa shape index (κ1) is 19.2. The number of anilines is 3. The van der Waals surface area contributed by atoms with Gasteiger partial charge in [-0.1, -0.05) is 13.8 Å². The van der Waals surface area contributed by atoms with E-state index >= 15 is 0 Å². The molecular weight excluding hydrogens is 392 g/mol. The van der Waals surface area contributed by atoms with Crippen molar-refractivity contribution in [3.8, 4) is 16.9 Å². The number of hydrogen-bond acceptors (Lipinski definition) is 7. The molecule has 5 rings (SSSR count). The van der Waals surface area contributed by atoms with Crippen LogP contribution >= 0.6 is 0 Å². The van der Waals surface area contributed by atoms with E-state index in [1.165, 1.54) is 0 Å². The van der Waals surface area contributed by atoms with Crippen LogP contribution in [0.2, 0.25) is 0 Å². The van der Waals surface area contributed by atoms with Gasteiger partial charge in [0.15, 0.2) is 0 Å². The summed E-state index contributed by atoms with van der Waals surface area (Å²) >= 11 is 0. The van der Waals surface area contributed by atoms with E-state index < -0.39 is 0 Å². The lowest BCUT2D eigenvalue weighted by Crippen LogP contribution is -2.48. The number of hydrogen-bond donors (Lipinski definition) is 2. The smallest absolute Gasteiger partial charge is 0.145 e. The van der Waals surface area contributed by atoms with Crippen LogP contribution in [0, 0.1) is 5.92 Å². The van der Waals surface area contributed by atoms with Gasteiger partial charge in [0.25, 0.3) is 0 Å². The third kappa shape index (κ3) is 3.63. The van der Waals surface area contributed by atoms with Crippen molar-refractivity contribution in [2.75, 3.05) is 36.1 Å². The third-order valence-corrected chi connectivity index (χ3v) is 5.45. The Kier molecular flexibility index (Phi) is 4.65. The molecule has 4 N–H and O–H groups in total. The number of pyridine rings is 2. The molecule has 1 fully saturated rings. The highest BCUT2D eigenvalue weighted by atomic mass is 16.5. The molecule has 4 aromatic rings. The lowest BCUT2D eigenvalue weighted by molar-refractivity contribution is 0.270. The van der Waals surface area contributed by atoms with Gasteiger partial charge in [-0.25, -0.2) is 9.50 Å². The zero-order valence-corrected chi connectivity index (χ0v) is 17.6. The minimum Gasteiger partial charge on any atom is -0.492 e. The molecule has 4 aromatic heterocycles.